The lowest BCUT2D eigenvalue weighted by Gasteiger charge is -2.37. The number of thioether (sulfide) groups is 1. The Hall–Kier alpha value is -0.670. The van der Waals surface area contributed by atoms with E-state index in [2.05, 4.69) is 42.6 Å². The Morgan fingerprint density at radius 3 is 3.00 bits per heavy atom. The number of aryl methyl sites for hydroxylation is 1. The highest BCUT2D eigenvalue weighted by Crippen LogP contribution is 2.24. The van der Waals surface area contributed by atoms with Crippen molar-refractivity contribution in [2.75, 3.05) is 24.6 Å². The number of nitrogens with zero attached hydrogens (tertiary/aromatic N) is 1. The van der Waals surface area contributed by atoms with Crippen LogP contribution in [-0.2, 0) is 6.42 Å². The zero-order valence-electron chi connectivity index (χ0n) is 11.4. The van der Waals surface area contributed by atoms with Crippen molar-refractivity contribution in [3.8, 4) is 0 Å². The van der Waals surface area contributed by atoms with Crippen molar-refractivity contribution in [1.29, 1.82) is 0 Å². The fourth-order valence-electron chi connectivity index (χ4n) is 2.55. The summed E-state index contributed by atoms with van der Waals surface area (Å²) < 4.78 is 0. The van der Waals surface area contributed by atoms with E-state index in [1.165, 1.54) is 30.8 Å². The van der Waals surface area contributed by atoms with Crippen LogP contribution in [0.25, 0.3) is 0 Å². The molecule has 0 amide bonds. The van der Waals surface area contributed by atoms with Crippen molar-refractivity contribution in [2.24, 2.45) is 0 Å². The Labute approximate surface area is 115 Å². The van der Waals surface area contributed by atoms with Crippen LogP contribution < -0.4 is 5.73 Å². The first-order valence-electron chi connectivity index (χ1n) is 6.87. The lowest BCUT2D eigenvalue weighted by atomic mass is 10.1. The molecule has 100 valence electrons. The summed E-state index contributed by atoms with van der Waals surface area (Å²) >= 11 is 2.10. The molecule has 3 heteroatoms. The second-order valence-electron chi connectivity index (χ2n) is 5.20. The minimum Gasteiger partial charge on any atom is -0.399 e. The van der Waals surface area contributed by atoms with Crippen LogP contribution in [0.3, 0.4) is 0 Å². The summed E-state index contributed by atoms with van der Waals surface area (Å²) in [5.74, 6) is 1.28. The van der Waals surface area contributed by atoms with Gasteiger partial charge in [0, 0.05) is 29.3 Å². The van der Waals surface area contributed by atoms with E-state index < -0.39 is 0 Å². The molecule has 1 fully saturated rings. The van der Waals surface area contributed by atoms with Crippen LogP contribution in [0.1, 0.15) is 25.8 Å². The van der Waals surface area contributed by atoms with Crippen molar-refractivity contribution in [3.05, 3.63) is 29.8 Å². The van der Waals surface area contributed by atoms with E-state index in [0.29, 0.717) is 6.04 Å². The molecular weight excluding hydrogens is 240 g/mol. The van der Waals surface area contributed by atoms with Gasteiger partial charge in [-0.2, -0.15) is 11.8 Å². The van der Waals surface area contributed by atoms with E-state index in [9.17, 15) is 0 Å². The Kier molecular flexibility index (Phi) is 4.95. The van der Waals surface area contributed by atoms with Gasteiger partial charge < -0.3 is 5.73 Å². The lowest BCUT2D eigenvalue weighted by molar-refractivity contribution is 0.211. The molecule has 0 aliphatic carbocycles. The molecule has 0 spiro atoms. The molecule has 1 heterocycles. The Balaban J connectivity index is 1.78. The second kappa shape index (κ2) is 6.48. The molecule has 2 nitrogen and oxygen atoms in total. The first kappa shape index (κ1) is 13.8. The summed E-state index contributed by atoms with van der Waals surface area (Å²) in [5.41, 5.74) is 8.04. The van der Waals surface area contributed by atoms with E-state index >= 15 is 0 Å². The van der Waals surface area contributed by atoms with Crippen molar-refractivity contribution in [3.63, 3.8) is 0 Å². The Morgan fingerprint density at radius 2 is 2.22 bits per heavy atom. The highest BCUT2D eigenvalue weighted by molar-refractivity contribution is 8.00. The SMILES string of the molecule is CC1SCCN(CCCc2cccc(N)c2)C1C. The molecular formula is C15H24N2S. The van der Waals surface area contributed by atoms with Crippen molar-refractivity contribution in [1.82, 2.24) is 4.90 Å². The van der Waals surface area contributed by atoms with E-state index in [4.69, 9.17) is 5.73 Å². The van der Waals surface area contributed by atoms with Gasteiger partial charge in [0.15, 0.2) is 0 Å². The molecule has 1 aromatic rings. The maximum Gasteiger partial charge on any atom is 0.0316 e. The predicted octanol–water partition coefficient (Wildman–Crippen LogP) is 3.03. The van der Waals surface area contributed by atoms with E-state index in [1.807, 2.05) is 12.1 Å². The van der Waals surface area contributed by atoms with Gasteiger partial charge in [-0.15, -0.1) is 0 Å². The third-order valence-corrected chi connectivity index (χ3v) is 5.21. The lowest BCUT2D eigenvalue weighted by Crippen LogP contribution is -2.45. The highest BCUT2D eigenvalue weighted by atomic mass is 32.2. The average Bonchev–Trinajstić information content (AvgIpc) is 2.35. The van der Waals surface area contributed by atoms with Crippen LogP contribution in [0.4, 0.5) is 5.69 Å². The number of hydrogen-bond acceptors (Lipinski definition) is 3. The van der Waals surface area contributed by atoms with Gasteiger partial charge in [0.1, 0.15) is 0 Å². The van der Waals surface area contributed by atoms with E-state index in [1.54, 1.807) is 0 Å². The molecule has 0 radical (unpaired) electrons. The topological polar surface area (TPSA) is 29.3 Å². The minimum atomic E-state index is 0.713. The summed E-state index contributed by atoms with van der Waals surface area (Å²) in [6, 6.07) is 8.98. The third kappa shape index (κ3) is 3.66. The second-order valence-corrected chi connectivity index (χ2v) is 6.69. The number of hydrogen-bond donors (Lipinski definition) is 1. The van der Waals surface area contributed by atoms with Crippen molar-refractivity contribution >= 4 is 17.4 Å². The summed E-state index contributed by atoms with van der Waals surface area (Å²) in [7, 11) is 0. The van der Waals surface area contributed by atoms with Crippen molar-refractivity contribution < 1.29 is 0 Å². The van der Waals surface area contributed by atoms with Crippen molar-refractivity contribution in [2.45, 2.75) is 38.0 Å². The van der Waals surface area contributed by atoms with Gasteiger partial charge >= 0.3 is 0 Å². The summed E-state index contributed by atoms with van der Waals surface area (Å²) in [5, 5.41) is 0.770. The molecule has 0 saturated carbocycles. The van der Waals surface area contributed by atoms with E-state index in [0.717, 1.165) is 17.4 Å². The summed E-state index contributed by atoms with van der Waals surface area (Å²) in [6.45, 7) is 7.16. The number of benzene rings is 1. The van der Waals surface area contributed by atoms with Crippen LogP contribution in [0.5, 0.6) is 0 Å². The monoisotopic (exact) mass is 264 g/mol. The molecule has 2 atom stereocenters. The van der Waals surface area contributed by atoms with Gasteiger partial charge in [0.2, 0.25) is 0 Å². The Bertz CT molecular complexity index is 381. The van der Waals surface area contributed by atoms with E-state index in [-0.39, 0.29) is 0 Å². The normalized spacial score (nSPS) is 25.2. The van der Waals surface area contributed by atoms with Gasteiger partial charge in [-0.3, -0.25) is 4.90 Å². The fourth-order valence-corrected chi connectivity index (χ4v) is 3.71. The Morgan fingerprint density at radius 1 is 1.39 bits per heavy atom. The van der Waals surface area contributed by atoms with Gasteiger partial charge in [-0.25, -0.2) is 0 Å². The smallest absolute Gasteiger partial charge is 0.0316 e. The van der Waals surface area contributed by atoms with Crippen LogP contribution in [0, 0.1) is 0 Å². The maximum absolute atomic E-state index is 5.80. The molecule has 1 aliphatic heterocycles. The molecule has 0 aromatic heterocycles. The molecule has 0 bridgehead atoms. The zero-order valence-corrected chi connectivity index (χ0v) is 12.2. The number of rotatable bonds is 4. The minimum absolute atomic E-state index is 0.713. The molecule has 1 aromatic carbocycles. The molecule has 1 saturated heterocycles. The molecule has 1 aliphatic rings. The number of anilines is 1. The highest BCUT2D eigenvalue weighted by Gasteiger charge is 2.24. The molecule has 2 N–H and O–H groups in total. The first-order valence-corrected chi connectivity index (χ1v) is 7.92. The summed E-state index contributed by atoms with van der Waals surface area (Å²) in [4.78, 5) is 2.63. The van der Waals surface area contributed by atoms with Gasteiger partial charge in [0.05, 0.1) is 0 Å². The first-order chi connectivity index (χ1) is 8.66. The van der Waals surface area contributed by atoms with Gasteiger partial charge in [-0.1, -0.05) is 19.1 Å². The number of nitrogen functional groups attached to an aromatic ring is 1. The van der Waals surface area contributed by atoms with Crippen LogP contribution in [0.15, 0.2) is 24.3 Å². The van der Waals surface area contributed by atoms with Gasteiger partial charge in [0.25, 0.3) is 0 Å². The third-order valence-electron chi connectivity index (χ3n) is 3.88. The number of nitrogens with two attached hydrogens (primary N) is 1. The maximum atomic E-state index is 5.80. The standard InChI is InChI=1S/C15H24N2S/c1-12-13(2)18-10-9-17(12)8-4-6-14-5-3-7-15(16)11-14/h3,5,7,11-13H,4,6,8-10,16H2,1-2H3. The van der Waals surface area contributed by atoms with Crippen LogP contribution >= 0.6 is 11.8 Å². The fraction of sp³-hybridized carbons (Fsp3) is 0.600. The average molecular weight is 264 g/mol. The summed E-state index contributed by atoms with van der Waals surface area (Å²) in [6.07, 6.45) is 2.36. The van der Waals surface area contributed by atoms with Crippen LogP contribution in [0.2, 0.25) is 0 Å². The largest absolute Gasteiger partial charge is 0.399 e. The molecule has 18 heavy (non-hydrogen) atoms. The predicted molar refractivity (Wildman–Crippen MR) is 82.1 cm³/mol. The quantitative estimate of drug-likeness (QED) is 0.848. The molecule has 2 unspecified atom stereocenters. The van der Waals surface area contributed by atoms with Gasteiger partial charge in [-0.05, 0) is 44.0 Å². The molecule has 2 rings (SSSR count). The zero-order chi connectivity index (χ0) is 13.0. The van der Waals surface area contributed by atoms with Crippen LogP contribution in [-0.4, -0.2) is 35.0 Å².